The van der Waals surface area contributed by atoms with Gasteiger partial charge in [0.05, 0.1) is 5.92 Å². The maximum atomic E-state index is 12.4. The Labute approximate surface area is 147 Å². The Hall–Kier alpha value is -0.610. The highest BCUT2D eigenvalue weighted by Crippen LogP contribution is 2.29. The minimum Gasteiger partial charge on any atom is -0.353 e. The van der Waals surface area contributed by atoms with Crippen LogP contribution >= 0.6 is 0 Å². The first kappa shape index (κ1) is 16.8. The summed E-state index contributed by atoms with van der Waals surface area (Å²) >= 11 is 0. The lowest BCUT2D eigenvalue weighted by atomic mass is 9.90. The van der Waals surface area contributed by atoms with E-state index in [-0.39, 0.29) is 5.92 Å². The largest absolute Gasteiger partial charge is 0.353 e. The van der Waals surface area contributed by atoms with Crippen LogP contribution in [0.2, 0.25) is 0 Å². The summed E-state index contributed by atoms with van der Waals surface area (Å²) in [7, 11) is 0. The van der Waals surface area contributed by atoms with Gasteiger partial charge in [-0.05, 0) is 71.0 Å². The molecule has 2 saturated heterocycles. The molecule has 4 rings (SSSR count). The lowest BCUT2D eigenvalue weighted by Crippen LogP contribution is -2.52. The van der Waals surface area contributed by atoms with Crippen molar-refractivity contribution in [3.05, 3.63) is 0 Å². The van der Waals surface area contributed by atoms with Gasteiger partial charge in [-0.3, -0.25) is 9.69 Å². The van der Waals surface area contributed by atoms with Crippen molar-refractivity contribution in [1.82, 2.24) is 15.1 Å². The van der Waals surface area contributed by atoms with Gasteiger partial charge >= 0.3 is 0 Å². The van der Waals surface area contributed by atoms with E-state index in [1.54, 1.807) is 0 Å². The molecule has 1 unspecified atom stereocenters. The standard InChI is InChI=1S/C20H35N3O/c24-20(21-17-8-9-17)16-5-4-12-23(15-16)19-10-13-22(14-11-19)18-6-2-1-3-7-18/h16-19H,1-15H2,(H,21,24). The number of piperidine rings is 2. The number of hydrogen-bond donors (Lipinski definition) is 1. The molecule has 4 nitrogen and oxygen atoms in total. The zero-order valence-corrected chi connectivity index (χ0v) is 15.2. The first-order valence-corrected chi connectivity index (χ1v) is 10.6. The lowest BCUT2D eigenvalue weighted by molar-refractivity contribution is -0.127. The van der Waals surface area contributed by atoms with Gasteiger partial charge < -0.3 is 10.2 Å². The molecule has 24 heavy (non-hydrogen) atoms. The Kier molecular flexibility index (Phi) is 5.43. The van der Waals surface area contributed by atoms with Crippen molar-refractivity contribution in [2.75, 3.05) is 26.2 Å². The van der Waals surface area contributed by atoms with Gasteiger partial charge in [-0.1, -0.05) is 19.3 Å². The Balaban J connectivity index is 1.24. The number of hydrogen-bond acceptors (Lipinski definition) is 3. The molecule has 2 heterocycles. The first-order valence-electron chi connectivity index (χ1n) is 10.6. The molecule has 0 bridgehead atoms. The van der Waals surface area contributed by atoms with Crippen LogP contribution in [0.25, 0.3) is 0 Å². The molecule has 2 aliphatic heterocycles. The highest BCUT2D eigenvalue weighted by Gasteiger charge is 2.34. The summed E-state index contributed by atoms with van der Waals surface area (Å²) in [6.45, 7) is 4.78. The van der Waals surface area contributed by atoms with Crippen molar-refractivity contribution in [3.63, 3.8) is 0 Å². The van der Waals surface area contributed by atoms with E-state index in [4.69, 9.17) is 0 Å². The predicted molar refractivity (Wildman–Crippen MR) is 96.9 cm³/mol. The molecular formula is C20H35N3O. The third-order valence-electron chi connectivity index (χ3n) is 6.85. The Morgan fingerprint density at radius 3 is 2.12 bits per heavy atom. The first-order chi connectivity index (χ1) is 11.8. The number of likely N-dealkylation sites (tertiary alicyclic amines) is 2. The molecule has 0 radical (unpaired) electrons. The van der Waals surface area contributed by atoms with Crippen LogP contribution in [0, 0.1) is 5.92 Å². The molecule has 0 spiro atoms. The number of carbonyl (C=O) groups is 1. The Bertz CT molecular complexity index is 423. The Morgan fingerprint density at radius 2 is 1.42 bits per heavy atom. The van der Waals surface area contributed by atoms with E-state index in [0.29, 0.717) is 11.9 Å². The van der Waals surface area contributed by atoms with Gasteiger partial charge in [-0.2, -0.15) is 0 Å². The molecule has 2 saturated carbocycles. The molecule has 4 aliphatic rings. The average Bonchev–Trinajstić information content (AvgIpc) is 3.47. The molecule has 4 heteroatoms. The van der Waals surface area contributed by atoms with Crippen LogP contribution in [0.5, 0.6) is 0 Å². The minimum atomic E-state index is 0.246. The smallest absolute Gasteiger partial charge is 0.224 e. The van der Waals surface area contributed by atoms with Gasteiger partial charge in [0.2, 0.25) is 5.91 Å². The van der Waals surface area contributed by atoms with Crippen LogP contribution in [-0.4, -0.2) is 60.0 Å². The van der Waals surface area contributed by atoms with Crippen LogP contribution in [0.4, 0.5) is 0 Å². The fourth-order valence-corrected chi connectivity index (χ4v) is 5.16. The summed E-state index contributed by atoms with van der Waals surface area (Å²) in [5, 5.41) is 3.22. The summed E-state index contributed by atoms with van der Waals surface area (Å²) < 4.78 is 0. The minimum absolute atomic E-state index is 0.246. The second-order valence-corrected chi connectivity index (χ2v) is 8.68. The summed E-state index contributed by atoms with van der Waals surface area (Å²) in [5.41, 5.74) is 0. The number of amides is 1. The van der Waals surface area contributed by atoms with Crippen molar-refractivity contribution < 1.29 is 4.79 Å². The van der Waals surface area contributed by atoms with Gasteiger partial charge in [-0.15, -0.1) is 0 Å². The van der Waals surface area contributed by atoms with Crippen LogP contribution in [0.15, 0.2) is 0 Å². The maximum Gasteiger partial charge on any atom is 0.224 e. The Morgan fingerprint density at radius 1 is 0.708 bits per heavy atom. The van der Waals surface area contributed by atoms with Crippen LogP contribution in [-0.2, 0) is 4.79 Å². The zero-order valence-electron chi connectivity index (χ0n) is 15.2. The van der Waals surface area contributed by atoms with Gasteiger partial charge in [0.25, 0.3) is 0 Å². The molecule has 4 fully saturated rings. The van der Waals surface area contributed by atoms with Gasteiger partial charge in [0.1, 0.15) is 0 Å². The van der Waals surface area contributed by atoms with Crippen LogP contribution < -0.4 is 5.32 Å². The number of nitrogens with zero attached hydrogens (tertiary/aromatic N) is 2. The average molecular weight is 334 g/mol. The predicted octanol–water partition coefficient (Wildman–Crippen LogP) is 2.77. The molecule has 0 aromatic heterocycles. The van der Waals surface area contributed by atoms with Crippen molar-refractivity contribution in [1.29, 1.82) is 0 Å². The summed E-state index contributed by atoms with van der Waals surface area (Å²) in [6.07, 6.45) is 14.5. The topological polar surface area (TPSA) is 35.6 Å². The fourth-order valence-electron chi connectivity index (χ4n) is 5.16. The quantitative estimate of drug-likeness (QED) is 0.859. The van der Waals surface area contributed by atoms with Crippen molar-refractivity contribution in [3.8, 4) is 0 Å². The molecule has 1 atom stereocenters. The highest BCUT2D eigenvalue weighted by atomic mass is 16.2. The number of rotatable bonds is 4. The fraction of sp³-hybridized carbons (Fsp3) is 0.950. The molecule has 1 amide bonds. The SMILES string of the molecule is O=C(NC1CC1)C1CCCN(C2CCN(C3CCCCC3)CC2)C1. The van der Waals surface area contributed by atoms with E-state index < -0.39 is 0 Å². The van der Waals surface area contributed by atoms with Gasteiger partial charge in [0, 0.05) is 24.7 Å². The second-order valence-electron chi connectivity index (χ2n) is 8.68. The van der Waals surface area contributed by atoms with Gasteiger partial charge in [0.15, 0.2) is 0 Å². The lowest BCUT2D eigenvalue weighted by Gasteiger charge is -2.44. The van der Waals surface area contributed by atoms with E-state index >= 15 is 0 Å². The van der Waals surface area contributed by atoms with Crippen molar-refractivity contribution in [2.45, 2.75) is 88.8 Å². The van der Waals surface area contributed by atoms with Gasteiger partial charge in [-0.25, -0.2) is 0 Å². The second kappa shape index (κ2) is 7.74. The number of carbonyl (C=O) groups excluding carboxylic acids is 1. The molecule has 0 aromatic rings. The van der Waals surface area contributed by atoms with Crippen LogP contribution in [0.3, 0.4) is 0 Å². The summed E-state index contributed by atoms with van der Waals surface area (Å²) in [5.74, 6) is 0.581. The summed E-state index contributed by atoms with van der Waals surface area (Å²) in [6, 6.07) is 2.10. The molecule has 0 aromatic carbocycles. The monoisotopic (exact) mass is 333 g/mol. The molecule has 136 valence electrons. The van der Waals surface area contributed by atoms with Crippen LogP contribution in [0.1, 0.15) is 70.6 Å². The maximum absolute atomic E-state index is 12.4. The molecule has 1 N–H and O–H groups in total. The van der Waals surface area contributed by atoms with E-state index in [1.807, 2.05) is 0 Å². The zero-order chi connectivity index (χ0) is 16.4. The van der Waals surface area contributed by atoms with E-state index in [1.165, 1.54) is 83.8 Å². The van der Waals surface area contributed by atoms with Crippen molar-refractivity contribution in [2.24, 2.45) is 5.92 Å². The third-order valence-corrected chi connectivity index (χ3v) is 6.85. The normalized spacial score (nSPS) is 31.9. The summed E-state index contributed by atoms with van der Waals surface area (Å²) in [4.78, 5) is 17.8. The molecule has 2 aliphatic carbocycles. The number of nitrogens with one attached hydrogen (secondary N) is 1. The third kappa shape index (κ3) is 4.13. The van der Waals surface area contributed by atoms with E-state index in [0.717, 1.165) is 25.0 Å². The highest BCUT2D eigenvalue weighted by molar-refractivity contribution is 5.79. The molecular weight excluding hydrogens is 298 g/mol. The van der Waals surface area contributed by atoms with E-state index in [2.05, 4.69) is 15.1 Å². The van der Waals surface area contributed by atoms with E-state index in [9.17, 15) is 4.79 Å². The van der Waals surface area contributed by atoms with Crippen molar-refractivity contribution >= 4 is 5.91 Å².